The highest BCUT2D eigenvalue weighted by Gasteiger charge is 2.27. The van der Waals surface area contributed by atoms with Crippen molar-refractivity contribution in [1.82, 2.24) is 0 Å². The van der Waals surface area contributed by atoms with Gasteiger partial charge in [-0.1, -0.05) is 146 Å². The van der Waals surface area contributed by atoms with Crippen molar-refractivity contribution < 1.29 is 8.83 Å². The van der Waals surface area contributed by atoms with Gasteiger partial charge in [0.2, 0.25) is 0 Å². The molecule has 13 aromatic rings. The first-order valence-corrected chi connectivity index (χ1v) is 24.0. The molecule has 0 radical (unpaired) electrons. The maximum Gasteiger partial charge on any atom is 0.158 e. The van der Waals surface area contributed by atoms with Crippen LogP contribution in [0, 0.1) is 36.5 Å². The van der Waals surface area contributed by atoms with Crippen molar-refractivity contribution in [2.45, 2.75) is 13.8 Å². The van der Waals surface area contributed by atoms with Crippen molar-refractivity contribution in [3.05, 3.63) is 241 Å². The van der Waals surface area contributed by atoms with Crippen molar-refractivity contribution in [3.63, 3.8) is 0 Å². The van der Waals surface area contributed by atoms with E-state index in [0.717, 1.165) is 99.8 Å². The van der Waals surface area contributed by atoms with Gasteiger partial charge in [-0.05, 0) is 130 Å². The molecule has 0 spiro atoms. The molecule has 6 heteroatoms. The van der Waals surface area contributed by atoms with Gasteiger partial charge in [0.05, 0.1) is 16.9 Å². The van der Waals surface area contributed by atoms with Gasteiger partial charge in [0.15, 0.2) is 11.2 Å². The van der Waals surface area contributed by atoms with Gasteiger partial charge in [-0.2, -0.15) is 10.5 Å². The molecule has 11 aromatic carbocycles. The van der Waals surface area contributed by atoms with Crippen LogP contribution in [0.15, 0.2) is 227 Å². The molecule has 0 unspecified atom stereocenters. The second kappa shape index (κ2) is 17.0. The number of fused-ring (bicyclic) bond motifs is 8. The maximum atomic E-state index is 11.1. The molecule has 0 aliphatic rings. The lowest BCUT2D eigenvalue weighted by Crippen LogP contribution is -2.12. The van der Waals surface area contributed by atoms with Gasteiger partial charge in [0, 0.05) is 55.4 Å². The fourth-order valence-electron chi connectivity index (χ4n) is 10.7. The van der Waals surface area contributed by atoms with Crippen LogP contribution in [0.3, 0.4) is 0 Å². The minimum Gasteiger partial charge on any atom is -0.454 e. The van der Waals surface area contributed by atoms with Gasteiger partial charge >= 0.3 is 0 Å². The van der Waals surface area contributed by atoms with Crippen molar-refractivity contribution in [3.8, 4) is 34.4 Å². The number of anilines is 6. The summed E-state index contributed by atoms with van der Waals surface area (Å²) >= 11 is 0. The fourth-order valence-corrected chi connectivity index (χ4v) is 10.7. The summed E-state index contributed by atoms with van der Waals surface area (Å²) < 4.78 is 13.4. The lowest BCUT2D eigenvalue weighted by Gasteiger charge is -2.29. The smallest absolute Gasteiger partial charge is 0.158 e. The second-order valence-electron chi connectivity index (χ2n) is 18.4. The molecular formula is C66H42N4O2. The van der Waals surface area contributed by atoms with Gasteiger partial charge in [-0.15, -0.1) is 0 Å². The quantitative estimate of drug-likeness (QED) is 0.151. The van der Waals surface area contributed by atoms with Gasteiger partial charge in [-0.3, -0.25) is 0 Å². The number of rotatable bonds is 8. The summed E-state index contributed by atoms with van der Waals surface area (Å²) in [4.78, 5) is 4.63. The van der Waals surface area contributed by atoms with Gasteiger partial charge in [0.1, 0.15) is 28.9 Å². The molecule has 0 saturated heterocycles. The summed E-state index contributed by atoms with van der Waals surface area (Å²) in [5, 5.41) is 28.7. The highest BCUT2D eigenvalue weighted by Crippen LogP contribution is 2.48. The third kappa shape index (κ3) is 6.77. The molecule has 0 aliphatic heterocycles. The zero-order valence-electron chi connectivity index (χ0n) is 39.4. The molecule has 72 heavy (non-hydrogen) atoms. The Hall–Kier alpha value is -9.88. The van der Waals surface area contributed by atoms with Crippen LogP contribution >= 0.6 is 0 Å². The van der Waals surface area contributed by atoms with E-state index in [2.05, 4.69) is 230 Å². The highest BCUT2D eigenvalue weighted by molar-refractivity contribution is 6.24. The monoisotopic (exact) mass is 922 g/mol. The average Bonchev–Trinajstić information content (AvgIpc) is 3.98. The lowest BCUT2D eigenvalue weighted by atomic mass is 9.96. The van der Waals surface area contributed by atoms with Crippen LogP contribution in [0.25, 0.3) is 87.7 Å². The van der Waals surface area contributed by atoms with Crippen LogP contribution in [0.5, 0.6) is 0 Å². The molecule has 0 fully saturated rings. The van der Waals surface area contributed by atoms with Crippen LogP contribution in [0.4, 0.5) is 34.1 Å². The van der Waals surface area contributed by atoms with Crippen LogP contribution in [0.1, 0.15) is 22.3 Å². The Bertz CT molecular complexity index is 4130. The second-order valence-corrected chi connectivity index (χ2v) is 18.4. The predicted molar refractivity (Wildman–Crippen MR) is 295 cm³/mol. The Morgan fingerprint density at radius 1 is 0.361 bits per heavy atom. The minimum atomic E-state index is 0.257. The first-order valence-electron chi connectivity index (χ1n) is 24.0. The number of hydrogen-bond acceptors (Lipinski definition) is 6. The molecule has 0 amide bonds. The summed E-state index contributed by atoms with van der Waals surface area (Å²) in [6, 6.07) is 80.9. The van der Waals surface area contributed by atoms with Crippen LogP contribution in [-0.4, -0.2) is 0 Å². The van der Waals surface area contributed by atoms with Crippen LogP contribution < -0.4 is 9.80 Å². The number of nitriles is 2. The highest BCUT2D eigenvalue weighted by atomic mass is 16.3. The maximum absolute atomic E-state index is 11.1. The lowest BCUT2D eigenvalue weighted by molar-refractivity contribution is 0.654. The Morgan fingerprint density at radius 3 is 1.17 bits per heavy atom. The van der Waals surface area contributed by atoms with E-state index in [4.69, 9.17) is 8.83 Å². The van der Waals surface area contributed by atoms with E-state index in [9.17, 15) is 10.5 Å². The molecule has 2 heterocycles. The van der Waals surface area contributed by atoms with E-state index in [1.54, 1.807) is 0 Å². The molecule has 6 nitrogen and oxygen atoms in total. The first kappa shape index (κ1) is 42.2. The average molecular weight is 923 g/mol. The summed E-state index contributed by atoms with van der Waals surface area (Å²) in [7, 11) is 0. The molecule has 0 atom stereocenters. The molecule has 0 aliphatic carbocycles. The molecule has 0 saturated carbocycles. The standard InChI is InChI=1S/C66H42N4O2/c1-41-17-9-13-25-57(41)69(59-27-15-11-23-51(59)43-19-5-3-6-20-43)49-31-29-45-35-53-61(37-47(45)33-49)71-65-56(40-68)66-64(55(39-67)63(53)65)54-36-46-30-32-50(34-48(46)38-62(54)72-66)70(58-26-14-10-18-42(58)2)60-28-16-12-24-52(60)44-21-7-4-8-22-44/h3-38H,1-2H3. The Kier molecular flexibility index (Phi) is 9.95. The summed E-state index contributed by atoms with van der Waals surface area (Å²) in [5.41, 5.74) is 15.5. The largest absolute Gasteiger partial charge is 0.454 e. The topological polar surface area (TPSA) is 80.3 Å². The van der Waals surface area contributed by atoms with Crippen LogP contribution in [0.2, 0.25) is 0 Å². The summed E-state index contributed by atoms with van der Waals surface area (Å²) in [5.74, 6) is 0. The van der Waals surface area contributed by atoms with E-state index in [0.29, 0.717) is 38.7 Å². The van der Waals surface area contributed by atoms with Gasteiger partial charge in [0.25, 0.3) is 0 Å². The van der Waals surface area contributed by atoms with E-state index >= 15 is 0 Å². The van der Waals surface area contributed by atoms with Crippen molar-refractivity contribution in [1.29, 1.82) is 10.5 Å². The van der Waals surface area contributed by atoms with Crippen molar-refractivity contribution >= 4 is 99.5 Å². The zero-order valence-corrected chi connectivity index (χ0v) is 39.4. The Morgan fingerprint density at radius 2 is 0.750 bits per heavy atom. The summed E-state index contributed by atoms with van der Waals surface area (Å²) in [6.45, 7) is 4.27. The minimum absolute atomic E-state index is 0.257. The first-order chi connectivity index (χ1) is 35.4. The van der Waals surface area contributed by atoms with E-state index in [-0.39, 0.29) is 5.56 Å². The normalized spacial score (nSPS) is 11.4. The third-order valence-electron chi connectivity index (χ3n) is 14.1. The molecule has 2 aromatic heterocycles. The molecular weight excluding hydrogens is 881 g/mol. The number of hydrogen-bond donors (Lipinski definition) is 0. The van der Waals surface area contributed by atoms with Gasteiger partial charge in [-0.25, -0.2) is 0 Å². The van der Waals surface area contributed by atoms with E-state index in [1.807, 2.05) is 24.3 Å². The Labute approximate surface area is 415 Å². The third-order valence-corrected chi connectivity index (χ3v) is 14.1. The van der Waals surface area contributed by atoms with Crippen molar-refractivity contribution in [2.75, 3.05) is 9.80 Å². The molecule has 13 rings (SSSR count). The SMILES string of the molecule is Cc1ccccc1N(c1ccc2cc3c(cc2c1)oc1c(C#N)c2oc4cc5cc(N(c6ccccc6C)c6ccccc6-c6ccccc6)ccc5cc4c2c(C#N)c13)c1ccccc1-c1ccccc1. The Balaban J connectivity index is 0.966. The molecule has 338 valence electrons. The summed E-state index contributed by atoms with van der Waals surface area (Å²) in [6.07, 6.45) is 0. The number of para-hydroxylation sites is 4. The number of aryl methyl sites for hydroxylation is 2. The van der Waals surface area contributed by atoms with E-state index < -0.39 is 0 Å². The van der Waals surface area contributed by atoms with Gasteiger partial charge < -0.3 is 18.6 Å². The number of benzene rings is 11. The molecule has 0 bridgehead atoms. The fraction of sp³-hybridized carbons (Fsp3) is 0.0303. The number of nitrogens with zero attached hydrogens (tertiary/aromatic N) is 4. The zero-order chi connectivity index (χ0) is 48.5. The predicted octanol–water partition coefficient (Wildman–Crippen LogP) is 18.4. The van der Waals surface area contributed by atoms with Crippen LogP contribution in [-0.2, 0) is 0 Å². The molecule has 0 N–H and O–H groups in total. The number of furan rings is 2. The van der Waals surface area contributed by atoms with E-state index in [1.165, 1.54) is 0 Å². The van der Waals surface area contributed by atoms with Crippen molar-refractivity contribution in [2.24, 2.45) is 0 Å².